The lowest BCUT2D eigenvalue weighted by Crippen LogP contribution is -2.28. The van der Waals surface area contributed by atoms with Crippen LogP contribution in [0.2, 0.25) is 0 Å². The Bertz CT molecular complexity index is 1260. The Hall–Kier alpha value is -3.07. The van der Waals surface area contributed by atoms with Gasteiger partial charge in [-0.3, -0.25) is 9.59 Å². The molecule has 7 nitrogen and oxygen atoms in total. The van der Waals surface area contributed by atoms with Crippen molar-refractivity contribution >= 4 is 39.0 Å². The van der Waals surface area contributed by atoms with Gasteiger partial charge in [-0.1, -0.05) is 26.2 Å². The summed E-state index contributed by atoms with van der Waals surface area (Å²) in [7, 11) is 0. The smallest absolute Gasteiger partial charge is 0.359 e. The molecule has 35 heavy (non-hydrogen) atoms. The summed E-state index contributed by atoms with van der Waals surface area (Å²) in [5, 5.41) is 9.73. The lowest BCUT2D eigenvalue weighted by Gasteiger charge is -2.27. The van der Waals surface area contributed by atoms with E-state index in [1.54, 1.807) is 12.3 Å². The first-order valence-electron chi connectivity index (χ1n) is 12.2. The van der Waals surface area contributed by atoms with E-state index in [2.05, 4.69) is 17.3 Å². The third-order valence-corrected chi connectivity index (χ3v) is 7.51. The first-order chi connectivity index (χ1) is 16.9. The second kappa shape index (κ2) is 11.1. The monoisotopic (exact) mass is 499 g/mol. The van der Waals surface area contributed by atoms with Gasteiger partial charge in [0.1, 0.15) is 10.8 Å². The Morgan fingerprint density at radius 3 is 2.54 bits per heavy atom. The van der Waals surface area contributed by atoms with Gasteiger partial charge in [-0.15, -0.1) is 11.3 Å². The van der Waals surface area contributed by atoms with Gasteiger partial charge in [-0.2, -0.15) is 9.78 Å². The van der Waals surface area contributed by atoms with Crippen molar-refractivity contribution in [2.75, 3.05) is 11.9 Å². The first kappa shape index (κ1) is 25.0. The highest BCUT2D eigenvalue weighted by Crippen LogP contribution is 2.35. The number of rotatable bonds is 8. The second-order valence-electron chi connectivity index (χ2n) is 8.97. The maximum Gasteiger partial charge on any atom is 0.359 e. The number of fused-ring (bicyclic) bond motifs is 1. The molecule has 2 heterocycles. The fraction of sp³-hybridized carbons (Fsp3) is 0.462. The van der Waals surface area contributed by atoms with E-state index in [0.717, 1.165) is 30.4 Å². The van der Waals surface area contributed by atoms with Crippen LogP contribution in [0.3, 0.4) is 0 Å². The van der Waals surface area contributed by atoms with Crippen LogP contribution in [0.15, 0.2) is 34.4 Å². The van der Waals surface area contributed by atoms with Gasteiger partial charge in [0.2, 0.25) is 5.91 Å². The third-order valence-electron chi connectivity index (χ3n) is 6.61. The minimum Gasteiger partial charge on any atom is -0.461 e. The molecule has 1 fully saturated rings. The number of benzene rings is 1. The number of carbonyl (C=O) groups is 2. The normalized spacial score (nSPS) is 17.9. The van der Waals surface area contributed by atoms with Crippen LogP contribution >= 0.6 is 11.3 Å². The highest BCUT2D eigenvalue weighted by molar-refractivity contribution is 7.16. The number of carbonyl (C=O) groups excluding carboxylic acids is 2. The Kier molecular flexibility index (Phi) is 7.95. The molecule has 0 bridgehead atoms. The Labute approximate surface area is 207 Å². The quantitative estimate of drug-likeness (QED) is 0.402. The lowest BCUT2D eigenvalue weighted by molar-refractivity contribution is -0.121. The van der Waals surface area contributed by atoms with E-state index in [4.69, 9.17) is 4.74 Å². The first-order valence-corrected chi connectivity index (χ1v) is 13.1. The molecule has 3 aromatic rings. The summed E-state index contributed by atoms with van der Waals surface area (Å²) in [5.41, 5.74) is -0.226. The molecule has 0 unspecified atom stereocenters. The van der Waals surface area contributed by atoms with Crippen LogP contribution in [0, 0.1) is 17.7 Å². The highest BCUT2D eigenvalue weighted by Gasteiger charge is 2.28. The molecule has 1 saturated carbocycles. The Morgan fingerprint density at radius 2 is 1.89 bits per heavy atom. The maximum atomic E-state index is 13.5. The van der Waals surface area contributed by atoms with Crippen molar-refractivity contribution in [3.8, 4) is 5.69 Å². The van der Waals surface area contributed by atoms with Gasteiger partial charge < -0.3 is 10.1 Å². The van der Waals surface area contributed by atoms with Crippen molar-refractivity contribution < 1.29 is 18.7 Å². The minimum atomic E-state index is -0.672. The van der Waals surface area contributed by atoms with E-state index in [1.807, 2.05) is 0 Å². The topological polar surface area (TPSA) is 90.3 Å². The highest BCUT2D eigenvalue weighted by atomic mass is 32.1. The zero-order valence-corrected chi connectivity index (χ0v) is 20.8. The van der Waals surface area contributed by atoms with E-state index in [0.29, 0.717) is 22.0 Å². The molecule has 4 rings (SSSR count). The molecule has 0 spiro atoms. The molecule has 186 valence electrons. The minimum absolute atomic E-state index is 0.0287. The fourth-order valence-electron chi connectivity index (χ4n) is 4.67. The molecular weight excluding hydrogens is 469 g/mol. The second-order valence-corrected chi connectivity index (χ2v) is 9.84. The van der Waals surface area contributed by atoms with Crippen LogP contribution in [0.4, 0.5) is 9.39 Å². The van der Waals surface area contributed by atoms with Crippen molar-refractivity contribution in [2.45, 2.75) is 58.8 Å². The average molecular weight is 500 g/mol. The summed E-state index contributed by atoms with van der Waals surface area (Å²) < 4.78 is 19.7. The summed E-state index contributed by atoms with van der Waals surface area (Å²) in [4.78, 5) is 39.2. The van der Waals surface area contributed by atoms with Crippen molar-refractivity contribution in [3.05, 3.63) is 51.5 Å². The number of unbranched alkanes of at least 4 members (excludes halogenated alkanes) is 1. The van der Waals surface area contributed by atoms with Gasteiger partial charge in [-0.25, -0.2) is 9.18 Å². The van der Waals surface area contributed by atoms with E-state index >= 15 is 0 Å². The predicted octanol–water partition coefficient (Wildman–Crippen LogP) is 5.70. The van der Waals surface area contributed by atoms with E-state index in [-0.39, 0.29) is 29.5 Å². The van der Waals surface area contributed by atoms with Gasteiger partial charge in [0.05, 0.1) is 17.7 Å². The molecule has 1 aromatic carbocycles. The fourth-order valence-corrected chi connectivity index (χ4v) is 5.61. The number of hydrogen-bond donors (Lipinski definition) is 1. The number of hydrogen-bond acceptors (Lipinski definition) is 6. The van der Waals surface area contributed by atoms with Crippen LogP contribution in [0.1, 0.15) is 69.3 Å². The third kappa shape index (κ3) is 5.45. The number of halogens is 1. The predicted molar refractivity (Wildman–Crippen MR) is 135 cm³/mol. The number of amides is 1. The zero-order valence-electron chi connectivity index (χ0n) is 20.0. The standard InChI is InChI=1S/C26H30FN3O4S/c1-3-5-6-16-7-9-17(10-8-16)23(31)28-24-21-20(15-35-24)22(26(33)34-4-2)29-30(25(21)32)19-13-11-18(27)12-14-19/h11-17H,3-10H2,1-2H3,(H,28,31). The maximum absolute atomic E-state index is 13.5. The van der Waals surface area contributed by atoms with Crippen LogP contribution in [-0.2, 0) is 9.53 Å². The number of nitrogens with zero attached hydrogens (tertiary/aromatic N) is 2. The van der Waals surface area contributed by atoms with Crippen molar-refractivity contribution in [3.63, 3.8) is 0 Å². The largest absolute Gasteiger partial charge is 0.461 e. The molecule has 1 amide bonds. The summed E-state index contributed by atoms with van der Waals surface area (Å²) in [5.74, 6) is -0.654. The average Bonchev–Trinajstić information content (AvgIpc) is 3.28. The van der Waals surface area contributed by atoms with Crippen molar-refractivity contribution in [1.82, 2.24) is 9.78 Å². The zero-order chi connectivity index (χ0) is 24.9. The molecule has 9 heteroatoms. The SMILES string of the molecule is CCCCC1CCC(C(=O)Nc2scc3c(C(=O)OCC)nn(-c4ccc(F)cc4)c(=O)c23)CC1. The van der Waals surface area contributed by atoms with Gasteiger partial charge >= 0.3 is 5.97 Å². The van der Waals surface area contributed by atoms with Crippen molar-refractivity contribution in [2.24, 2.45) is 11.8 Å². The van der Waals surface area contributed by atoms with Gasteiger partial charge in [0.15, 0.2) is 5.69 Å². The van der Waals surface area contributed by atoms with Gasteiger partial charge in [0, 0.05) is 16.7 Å². The van der Waals surface area contributed by atoms with Crippen LogP contribution < -0.4 is 10.9 Å². The molecular formula is C26H30FN3O4S. The number of aromatic nitrogens is 2. The molecule has 2 aromatic heterocycles. The van der Waals surface area contributed by atoms with Gasteiger partial charge in [-0.05, 0) is 62.8 Å². The number of thiophene rings is 1. The molecule has 1 N–H and O–H groups in total. The van der Waals surface area contributed by atoms with E-state index in [9.17, 15) is 18.8 Å². The molecule has 0 atom stereocenters. The van der Waals surface area contributed by atoms with E-state index in [1.165, 1.54) is 54.9 Å². The summed E-state index contributed by atoms with van der Waals surface area (Å²) in [6, 6.07) is 5.24. The number of anilines is 1. The number of esters is 1. The number of ether oxygens (including phenoxy) is 1. The Morgan fingerprint density at radius 1 is 1.17 bits per heavy atom. The molecule has 0 aliphatic heterocycles. The molecule has 1 aliphatic rings. The molecule has 1 aliphatic carbocycles. The van der Waals surface area contributed by atoms with Crippen LogP contribution in [-0.4, -0.2) is 28.3 Å². The van der Waals surface area contributed by atoms with E-state index < -0.39 is 17.3 Å². The summed E-state index contributed by atoms with van der Waals surface area (Å²) >= 11 is 1.18. The van der Waals surface area contributed by atoms with Crippen LogP contribution in [0.5, 0.6) is 0 Å². The van der Waals surface area contributed by atoms with Crippen molar-refractivity contribution in [1.29, 1.82) is 0 Å². The summed E-state index contributed by atoms with van der Waals surface area (Å²) in [6.07, 6.45) is 7.36. The molecule has 0 radical (unpaired) electrons. The van der Waals surface area contributed by atoms with Gasteiger partial charge in [0.25, 0.3) is 5.56 Å². The Balaban J connectivity index is 1.66. The summed E-state index contributed by atoms with van der Waals surface area (Å²) in [6.45, 7) is 4.02. The number of nitrogens with one attached hydrogen (secondary N) is 1. The van der Waals surface area contributed by atoms with Crippen LogP contribution in [0.25, 0.3) is 16.5 Å². The lowest BCUT2D eigenvalue weighted by atomic mass is 9.79. The molecule has 0 saturated heterocycles.